The molecule has 0 radical (unpaired) electrons. The normalized spacial score (nSPS) is 16.7. The van der Waals surface area contributed by atoms with Crippen molar-refractivity contribution in [3.8, 4) is 0 Å². The van der Waals surface area contributed by atoms with Crippen molar-refractivity contribution in [3.63, 3.8) is 0 Å². The zero-order valence-electron chi connectivity index (χ0n) is 20.6. The zero-order chi connectivity index (χ0) is 23.8. The van der Waals surface area contributed by atoms with E-state index in [1.807, 2.05) is 39.0 Å². The van der Waals surface area contributed by atoms with Gasteiger partial charge in [0.05, 0.1) is 11.4 Å². The molecule has 12 heteroatoms. The Morgan fingerprint density at radius 3 is 1.71 bits per heavy atom. The third kappa shape index (κ3) is 9.99. The number of nitrogens with zero attached hydrogens (tertiary/aromatic N) is 5. The Hall–Kier alpha value is -2.43. The van der Waals surface area contributed by atoms with Crippen LogP contribution in [0.1, 0.15) is 69.7 Å². The van der Waals surface area contributed by atoms with E-state index in [-0.39, 0.29) is 30.9 Å². The number of hydrogen-bond donors (Lipinski definition) is 3. The summed E-state index contributed by atoms with van der Waals surface area (Å²) >= 11 is 0. The summed E-state index contributed by atoms with van der Waals surface area (Å²) in [6, 6.07) is 7.49. The monoisotopic (exact) mass is 528 g/mol. The first-order valence-corrected chi connectivity index (χ1v) is 11.6. The highest BCUT2D eigenvalue weighted by Crippen LogP contribution is 2.27. The largest absolute Gasteiger partial charge is 0.444 e. The molecule has 2 aliphatic rings. The zero-order valence-corrected chi connectivity index (χ0v) is 22.3. The van der Waals surface area contributed by atoms with Crippen molar-refractivity contribution in [2.75, 3.05) is 37.6 Å². The maximum atomic E-state index is 12.0. The summed E-state index contributed by atoms with van der Waals surface area (Å²) in [6.45, 7) is 9.16. The van der Waals surface area contributed by atoms with E-state index in [0.717, 1.165) is 50.2 Å². The van der Waals surface area contributed by atoms with Crippen molar-refractivity contribution in [2.24, 2.45) is 0 Å². The van der Waals surface area contributed by atoms with Crippen LogP contribution in [-0.2, 0) is 4.74 Å². The van der Waals surface area contributed by atoms with Gasteiger partial charge in [-0.15, -0.1) is 35.0 Å². The summed E-state index contributed by atoms with van der Waals surface area (Å²) in [4.78, 5) is 13.7. The number of rotatable bonds is 2. The van der Waals surface area contributed by atoms with Crippen LogP contribution in [0, 0.1) is 0 Å². The van der Waals surface area contributed by atoms with E-state index in [1.165, 1.54) is 0 Å². The number of nitrogens with one attached hydrogen (secondary N) is 1. The third-order valence-electron chi connectivity index (χ3n) is 5.73. The minimum atomic E-state index is -0.448. The van der Waals surface area contributed by atoms with E-state index in [0.29, 0.717) is 36.6 Å². The van der Waals surface area contributed by atoms with Gasteiger partial charge in [0.25, 0.3) is 0 Å². The maximum Gasteiger partial charge on any atom is 0.410 e. The Bertz CT molecular complexity index is 880. The standard InChI is InChI=1S/C14H22N4O2.C9H14N4.2ClH/c1-14(2,3)20-13(19)18-8-6-10(7-9-18)11-4-5-12(15)17-16-11;10-9-2-1-8(12-13-9)7-3-5-11-6-4-7;;/h4-5,10H,6-9H2,1-3H3,(H2,15,17);1-2,7,11H,3-6H2,(H2,10,13);2*1H. The van der Waals surface area contributed by atoms with E-state index in [9.17, 15) is 4.79 Å². The molecule has 5 N–H and O–H groups in total. The molecule has 0 bridgehead atoms. The predicted molar refractivity (Wildman–Crippen MR) is 142 cm³/mol. The molecule has 2 aromatic rings. The van der Waals surface area contributed by atoms with E-state index >= 15 is 0 Å². The fourth-order valence-corrected chi connectivity index (χ4v) is 3.94. The summed E-state index contributed by atoms with van der Waals surface area (Å²) in [5, 5.41) is 19.3. The Kier molecular flexibility index (Phi) is 12.4. The number of aromatic nitrogens is 4. The quantitative estimate of drug-likeness (QED) is 0.532. The first-order valence-electron chi connectivity index (χ1n) is 11.6. The number of anilines is 2. The molecule has 4 heterocycles. The van der Waals surface area contributed by atoms with Gasteiger partial charge in [-0.3, -0.25) is 0 Å². The molecular formula is C23H38Cl2N8O2. The van der Waals surface area contributed by atoms with Crippen LogP contribution in [0.3, 0.4) is 0 Å². The molecule has 1 amide bonds. The van der Waals surface area contributed by atoms with Gasteiger partial charge in [0.1, 0.15) is 17.2 Å². The number of nitrogen functional groups attached to an aromatic ring is 2. The lowest BCUT2D eigenvalue weighted by atomic mass is 9.93. The molecule has 196 valence electrons. The van der Waals surface area contributed by atoms with Gasteiger partial charge in [-0.2, -0.15) is 10.2 Å². The van der Waals surface area contributed by atoms with Gasteiger partial charge in [-0.25, -0.2) is 4.79 Å². The Labute approximate surface area is 219 Å². The van der Waals surface area contributed by atoms with Crippen LogP contribution in [0.4, 0.5) is 16.4 Å². The number of hydrogen-bond acceptors (Lipinski definition) is 9. The van der Waals surface area contributed by atoms with Gasteiger partial charge in [-0.05, 0) is 83.8 Å². The number of nitrogens with two attached hydrogens (primary N) is 2. The highest BCUT2D eigenvalue weighted by atomic mass is 35.5. The number of halogens is 2. The van der Waals surface area contributed by atoms with Gasteiger partial charge in [0, 0.05) is 24.9 Å². The average Bonchev–Trinajstić information content (AvgIpc) is 2.80. The summed E-state index contributed by atoms with van der Waals surface area (Å²) in [5.41, 5.74) is 12.6. The van der Waals surface area contributed by atoms with Crippen LogP contribution in [-0.4, -0.2) is 63.2 Å². The predicted octanol–water partition coefficient (Wildman–Crippen LogP) is 3.54. The maximum absolute atomic E-state index is 12.0. The number of carbonyl (C=O) groups is 1. The van der Waals surface area contributed by atoms with Gasteiger partial charge in [0.2, 0.25) is 0 Å². The van der Waals surface area contributed by atoms with Crippen LogP contribution < -0.4 is 16.8 Å². The summed E-state index contributed by atoms with van der Waals surface area (Å²) in [5.74, 6) is 1.83. The van der Waals surface area contributed by atoms with Crippen molar-refractivity contribution < 1.29 is 9.53 Å². The molecule has 35 heavy (non-hydrogen) atoms. The van der Waals surface area contributed by atoms with Crippen LogP contribution in [0.2, 0.25) is 0 Å². The van der Waals surface area contributed by atoms with Crippen LogP contribution >= 0.6 is 24.8 Å². The molecule has 0 aromatic carbocycles. The molecule has 0 unspecified atom stereocenters. The summed E-state index contributed by atoms with van der Waals surface area (Å²) in [6.07, 6.45) is 3.81. The van der Waals surface area contributed by atoms with Crippen molar-refractivity contribution in [2.45, 2.75) is 63.9 Å². The van der Waals surface area contributed by atoms with Crippen molar-refractivity contribution in [1.29, 1.82) is 0 Å². The number of carbonyl (C=O) groups excluding carboxylic acids is 1. The number of likely N-dealkylation sites (tertiary alicyclic amines) is 1. The molecule has 2 aliphatic heterocycles. The van der Waals surface area contributed by atoms with Gasteiger partial charge >= 0.3 is 6.09 Å². The second-order valence-corrected chi connectivity index (χ2v) is 9.53. The molecule has 4 rings (SSSR count). The van der Waals surface area contributed by atoms with Gasteiger partial charge < -0.3 is 26.4 Å². The molecule has 2 saturated heterocycles. The van der Waals surface area contributed by atoms with Crippen molar-refractivity contribution in [1.82, 2.24) is 30.6 Å². The lowest BCUT2D eigenvalue weighted by Crippen LogP contribution is -2.41. The Morgan fingerprint density at radius 2 is 1.31 bits per heavy atom. The third-order valence-corrected chi connectivity index (χ3v) is 5.73. The van der Waals surface area contributed by atoms with Gasteiger partial charge in [0.15, 0.2) is 0 Å². The lowest BCUT2D eigenvalue weighted by molar-refractivity contribution is 0.0204. The highest BCUT2D eigenvalue weighted by molar-refractivity contribution is 5.85. The molecule has 0 atom stereocenters. The van der Waals surface area contributed by atoms with Crippen molar-refractivity contribution in [3.05, 3.63) is 35.7 Å². The smallest absolute Gasteiger partial charge is 0.410 e. The van der Waals surface area contributed by atoms with Crippen LogP contribution in [0.5, 0.6) is 0 Å². The molecule has 2 aromatic heterocycles. The summed E-state index contributed by atoms with van der Waals surface area (Å²) < 4.78 is 5.38. The fraction of sp³-hybridized carbons (Fsp3) is 0.609. The molecular weight excluding hydrogens is 491 g/mol. The van der Waals surface area contributed by atoms with E-state index in [4.69, 9.17) is 16.2 Å². The second-order valence-electron chi connectivity index (χ2n) is 9.53. The van der Waals surface area contributed by atoms with E-state index < -0.39 is 5.60 Å². The number of amides is 1. The van der Waals surface area contributed by atoms with Crippen molar-refractivity contribution >= 4 is 42.5 Å². The fourth-order valence-electron chi connectivity index (χ4n) is 3.94. The molecule has 2 fully saturated rings. The Morgan fingerprint density at radius 1 is 0.857 bits per heavy atom. The first kappa shape index (κ1) is 30.6. The Balaban J connectivity index is 0.000000356. The number of piperidine rings is 2. The molecule has 0 saturated carbocycles. The summed E-state index contributed by atoms with van der Waals surface area (Å²) in [7, 11) is 0. The number of ether oxygens (including phenoxy) is 1. The highest BCUT2D eigenvalue weighted by Gasteiger charge is 2.28. The minimum Gasteiger partial charge on any atom is -0.444 e. The van der Waals surface area contributed by atoms with Crippen LogP contribution in [0.25, 0.3) is 0 Å². The van der Waals surface area contributed by atoms with Crippen LogP contribution in [0.15, 0.2) is 24.3 Å². The first-order chi connectivity index (χ1) is 15.7. The topological polar surface area (TPSA) is 145 Å². The average molecular weight is 530 g/mol. The second kappa shape index (κ2) is 14.2. The van der Waals surface area contributed by atoms with E-state index in [1.54, 1.807) is 11.0 Å². The molecule has 10 nitrogen and oxygen atoms in total. The minimum absolute atomic E-state index is 0. The lowest BCUT2D eigenvalue weighted by Gasteiger charge is -2.33. The van der Waals surface area contributed by atoms with Gasteiger partial charge in [-0.1, -0.05) is 0 Å². The van der Waals surface area contributed by atoms with E-state index in [2.05, 4.69) is 25.7 Å². The SMILES string of the molecule is CC(C)(C)OC(=O)N1CCC(c2ccc(N)nn2)CC1.Cl.Cl.Nc1ccc(C2CCNCC2)nn1. The molecule has 0 spiro atoms. The molecule has 0 aliphatic carbocycles.